The van der Waals surface area contributed by atoms with Crippen LogP contribution < -0.4 is 9.47 Å². The minimum absolute atomic E-state index is 0.103. The summed E-state index contributed by atoms with van der Waals surface area (Å²) in [5.41, 5.74) is 0.591. The van der Waals surface area contributed by atoms with E-state index in [1.54, 1.807) is 6.92 Å². The van der Waals surface area contributed by atoms with E-state index >= 15 is 0 Å². The second kappa shape index (κ2) is 10.5. The number of nitrogens with zero attached hydrogens (tertiary/aromatic N) is 3. The zero-order chi connectivity index (χ0) is 24.8. The molecule has 2 aromatic carbocycles. The second-order valence-electron chi connectivity index (χ2n) is 6.72. The van der Waals surface area contributed by atoms with Crippen molar-refractivity contribution in [2.24, 2.45) is 4.99 Å². The molecule has 174 valence electrons. The zero-order valence-electron chi connectivity index (χ0n) is 18.2. The third-order valence-electron chi connectivity index (χ3n) is 4.63. The van der Waals surface area contributed by atoms with Gasteiger partial charge in [0, 0.05) is 18.2 Å². The Morgan fingerprint density at radius 3 is 2.62 bits per heavy atom. The number of aromatic carboxylic acids is 1. The Morgan fingerprint density at radius 2 is 2.06 bits per heavy atom. The smallest absolute Gasteiger partial charge is 0.335 e. The molecular weight excluding hydrogens is 462 g/mol. The van der Waals surface area contributed by atoms with Gasteiger partial charge in [0.05, 0.1) is 34.3 Å². The molecule has 1 fully saturated rings. The van der Waals surface area contributed by atoms with Crippen LogP contribution >= 0.6 is 11.8 Å². The molecule has 3 rings (SSSR count). The monoisotopic (exact) mass is 481 g/mol. The van der Waals surface area contributed by atoms with Gasteiger partial charge in [0.15, 0.2) is 16.7 Å². The van der Waals surface area contributed by atoms with Crippen LogP contribution in [0.5, 0.6) is 11.5 Å². The summed E-state index contributed by atoms with van der Waals surface area (Å²) < 4.78 is 10.8. The van der Waals surface area contributed by atoms with E-state index in [1.807, 2.05) is 0 Å². The number of ether oxygens (including phenoxy) is 2. The topological polar surface area (TPSA) is 132 Å². The highest BCUT2D eigenvalue weighted by Crippen LogP contribution is 2.40. The summed E-state index contributed by atoms with van der Waals surface area (Å²) in [4.78, 5) is 41.0. The maximum atomic E-state index is 13.0. The standard InChI is InChI=1S/C23H19N3O7S/c1-4-10-33-20-15(11-17(26(30)31)13-18(20)32-3)12-19-21(27)25(5-2)23(34-19)24-16-8-6-14(7-9-16)22(28)29/h1,6-9,11-13H,5,10H2,2-3H3,(H,28,29)/b19-12+,24-23?. The number of methoxy groups -OCH3 is 1. The molecule has 1 aliphatic rings. The van der Waals surface area contributed by atoms with E-state index in [-0.39, 0.29) is 45.7 Å². The number of hydrogen-bond donors (Lipinski definition) is 1. The number of thioether (sulfide) groups is 1. The van der Waals surface area contributed by atoms with Crippen molar-refractivity contribution < 1.29 is 29.1 Å². The number of likely N-dealkylation sites (N-methyl/N-ethyl adjacent to an activating group) is 1. The molecule has 0 aromatic heterocycles. The fourth-order valence-corrected chi connectivity index (χ4v) is 4.09. The summed E-state index contributed by atoms with van der Waals surface area (Å²) in [5.74, 6) is 1.20. The fraction of sp³-hybridized carbons (Fsp3) is 0.174. The van der Waals surface area contributed by atoms with E-state index in [4.69, 9.17) is 21.0 Å². The highest BCUT2D eigenvalue weighted by Gasteiger charge is 2.33. The van der Waals surface area contributed by atoms with Crippen LogP contribution in [0, 0.1) is 22.5 Å². The van der Waals surface area contributed by atoms with Gasteiger partial charge in [0.1, 0.15) is 6.61 Å². The molecule has 0 atom stereocenters. The minimum Gasteiger partial charge on any atom is -0.493 e. The molecule has 0 spiro atoms. The molecule has 1 saturated heterocycles. The van der Waals surface area contributed by atoms with Crippen LogP contribution in [0.1, 0.15) is 22.8 Å². The Bertz CT molecular complexity index is 1250. The van der Waals surface area contributed by atoms with E-state index in [9.17, 15) is 19.7 Å². The van der Waals surface area contributed by atoms with Gasteiger partial charge in [-0.05, 0) is 49.0 Å². The third kappa shape index (κ3) is 5.19. The van der Waals surface area contributed by atoms with Crippen molar-refractivity contribution in [3.8, 4) is 23.8 Å². The highest BCUT2D eigenvalue weighted by atomic mass is 32.2. The Kier molecular flexibility index (Phi) is 7.55. The van der Waals surface area contributed by atoms with Crippen molar-refractivity contribution in [3.05, 3.63) is 62.5 Å². The SMILES string of the molecule is C#CCOc1c(/C=C2/SC(=Nc3ccc(C(=O)O)cc3)N(CC)C2=O)cc([N+](=O)[O-])cc1OC. The van der Waals surface area contributed by atoms with E-state index in [1.165, 1.54) is 54.5 Å². The van der Waals surface area contributed by atoms with Crippen molar-refractivity contribution in [3.63, 3.8) is 0 Å². The van der Waals surface area contributed by atoms with Crippen LogP contribution in [0.2, 0.25) is 0 Å². The van der Waals surface area contributed by atoms with Gasteiger partial charge >= 0.3 is 5.97 Å². The summed E-state index contributed by atoms with van der Waals surface area (Å²) in [6.07, 6.45) is 6.75. The van der Waals surface area contributed by atoms with Gasteiger partial charge in [0.2, 0.25) is 0 Å². The van der Waals surface area contributed by atoms with Gasteiger partial charge in [-0.3, -0.25) is 19.8 Å². The number of amidine groups is 1. The van der Waals surface area contributed by atoms with Gasteiger partial charge < -0.3 is 14.6 Å². The van der Waals surface area contributed by atoms with Crippen molar-refractivity contribution in [2.75, 3.05) is 20.3 Å². The summed E-state index contributed by atoms with van der Waals surface area (Å²) in [5, 5.41) is 20.8. The number of aliphatic imine (C=N–C) groups is 1. The molecule has 11 heteroatoms. The first kappa shape index (κ1) is 24.3. The lowest BCUT2D eigenvalue weighted by atomic mass is 10.1. The van der Waals surface area contributed by atoms with E-state index in [0.29, 0.717) is 17.4 Å². The Balaban J connectivity index is 2.05. The van der Waals surface area contributed by atoms with Gasteiger partial charge in [0.25, 0.3) is 11.6 Å². The quantitative estimate of drug-likeness (QED) is 0.260. The van der Waals surface area contributed by atoms with Gasteiger partial charge in [-0.15, -0.1) is 6.42 Å². The van der Waals surface area contributed by atoms with E-state index in [0.717, 1.165) is 11.8 Å². The first-order valence-electron chi connectivity index (χ1n) is 9.85. The third-order valence-corrected chi connectivity index (χ3v) is 5.64. The predicted octanol–water partition coefficient (Wildman–Crippen LogP) is 3.94. The predicted molar refractivity (Wildman–Crippen MR) is 127 cm³/mol. The lowest BCUT2D eigenvalue weighted by Gasteiger charge is -2.13. The molecular formula is C23H19N3O7S. The maximum Gasteiger partial charge on any atom is 0.335 e. The first-order valence-corrected chi connectivity index (χ1v) is 10.7. The number of terminal acetylenes is 1. The van der Waals surface area contributed by atoms with Crippen LogP contribution in [-0.2, 0) is 4.79 Å². The van der Waals surface area contributed by atoms with Crippen molar-refractivity contribution in [1.82, 2.24) is 4.90 Å². The molecule has 0 saturated carbocycles. The molecule has 0 bridgehead atoms. The molecule has 1 amide bonds. The van der Waals surface area contributed by atoms with Crippen molar-refractivity contribution >= 4 is 46.3 Å². The number of nitro groups is 1. The van der Waals surface area contributed by atoms with E-state index < -0.39 is 10.9 Å². The van der Waals surface area contributed by atoms with Gasteiger partial charge in [-0.1, -0.05) is 5.92 Å². The zero-order valence-corrected chi connectivity index (χ0v) is 19.0. The number of hydrogen-bond acceptors (Lipinski definition) is 8. The van der Waals surface area contributed by atoms with Gasteiger partial charge in [-0.25, -0.2) is 9.79 Å². The molecule has 0 aliphatic carbocycles. The average Bonchev–Trinajstić information content (AvgIpc) is 3.11. The number of amides is 1. The largest absolute Gasteiger partial charge is 0.493 e. The Hall–Kier alpha value is -4.30. The molecule has 34 heavy (non-hydrogen) atoms. The van der Waals surface area contributed by atoms with Crippen molar-refractivity contribution in [1.29, 1.82) is 0 Å². The highest BCUT2D eigenvalue weighted by molar-refractivity contribution is 8.18. The number of carboxylic acid groups (broad SMARTS) is 1. The van der Waals surface area contributed by atoms with Crippen LogP contribution in [-0.4, -0.2) is 52.2 Å². The molecule has 0 radical (unpaired) electrons. The minimum atomic E-state index is -1.06. The van der Waals surface area contributed by atoms with Crippen molar-refractivity contribution in [2.45, 2.75) is 6.92 Å². The molecule has 1 N–H and O–H groups in total. The lowest BCUT2D eigenvalue weighted by molar-refractivity contribution is -0.385. The molecule has 1 aliphatic heterocycles. The average molecular weight is 481 g/mol. The number of non-ortho nitro benzene ring substituents is 1. The summed E-state index contributed by atoms with van der Waals surface area (Å²) in [6.45, 7) is 2.00. The molecule has 0 unspecified atom stereocenters. The summed E-state index contributed by atoms with van der Waals surface area (Å²) in [7, 11) is 1.34. The summed E-state index contributed by atoms with van der Waals surface area (Å²) in [6, 6.07) is 8.39. The number of rotatable bonds is 8. The van der Waals surface area contributed by atoms with E-state index in [2.05, 4.69) is 10.9 Å². The molecule has 1 heterocycles. The number of carbonyl (C=O) groups is 2. The van der Waals surface area contributed by atoms with Crippen LogP contribution in [0.25, 0.3) is 6.08 Å². The maximum absolute atomic E-state index is 13.0. The van der Waals surface area contributed by atoms with Gasteiger partial charge in [-0.2, -0.15) is 0 Å². The summed E-state index contributed by atoms with van der Waals surface area (Å²) >= 11 is 1.08. The number of carbonyl (C=O) groups excluding carboxylic acids is 1. The Morgan fingerprint density at radius 1 is 1.35 bits per heavy atom. The number of carboxylic acids is 1. The van der Waals surface area contributed by atoms with Crippen LogP contribution in [0.4, 0.5) is 11.4 Å². The molecule has 10 nitrogen and oxygen atoms in total. The molecule has 2 aromatic rings. The number of nitro benzene ring substituents is 1. The second-order valence-corrected chi connectivity index (χ2v) is 7.73. The van der Waals surface area contributed by atoms with Crippen LogP contribution in [0.3, 0.4) is 0 Å². The number of benzene rings is 2. The lowest BCUT2D eigenvalue weighted by Crippen LogP contribution is -2.28. The fourth-order valence-electron chi connectivity index (χ4n) is 3.04. The normalized spacial score (nSPS) is 15.4. The van der Waals surface area contributed by atoms with Crippen LogP contribution in [0.15, 0.2) is 46.3 Å². The Labute approximate surface area is 199 Å². The first-order chi connectivity index (χ1) is 16.3.